The van der Waals surface area contributed by atoms with E-state index in [1.54, 1.807) is 0 Å². The lowest BCUT2D eigenvalue weighted by molar-refractivity contribution is 0.382. The van der Waals surface area contributed by atoms with Crippen LogP contribution in [0.25, 0.3) is 0 Å². The zero-order valence-corrected chi connectivity index (χ0v) is 8.93. The van der Waals surface area contributed by atoms with Crippen LogP contribution in [-0.4, -0.2) is 23.1 Å². The molecule has 3 heteroatoms. The van der Waals surface area contributed by atoms with E-state index in [-0.39, 0.29) is 0 Å². The SMILES string of the molecule is O=S(Cc1ccccc1)CC1CNC1. The monoisotopic (exact) mass is 209 g/mol. The van der Waals surface area contributed by atoms with Crippen LogP contribution in [0.3, 0.4) is 0 Å². The molecule has 0 radical (unpaired) electrons. The Morgan fingerprint density at radius 3 is 2.57 bits per heavy atom. The van der Waals surface area contributed by atoms with Gasteiger partial charge in [-0.05, 0) is 11.5 Å². The molecule has 1 unspecified atom stereocenters. The Labute approximate surface area is 87.2 Å². The minimum absolute atomic E-state index is 0.638. The maximum Gasteiger partial charge on any atom is 0.0485 e. The lowest BCUT2D eigenvalue weighted by Gasteiger charge is -2.26. The third kappa shape index (κ3) is 2.66. The summed E-state index contributed by atoms with van der Waals surface area (Å²) in [4.78, 5) is 0. The molecule has 76 valence electrons. The highest BCUT2D eigenvalue weighted by molar-refractivity contribution is 7.84. The maximum absolute atomic E-state index is 11.7. The van der Waals surface area contributed by atoms with Gasteiger partial charge in [-0.3, -0.25) is 4.21 Å². The number of hydrogen-bond donors (Lipinski definition) is 1. The molecule has 0 amide bonds. The minimum atomic E-state index is -0.690. The van der Waals surface area contributed by atoms with Crippen LogP contribution in [-0.2, 0) is 16.6 Å². The lowest BCUT2D eigenvalue weighted by Crippen LogP contribution is -2.44. The van der Waals surface area contributed by atoms with Crippen molar-refractivity contribution < 1.29 is 4.21 Å². The molecule has 0 saturated carbocycles. The topological polar surface area (TPSA) is 29.1 Å². The van der Waals surface area contributed by atoms with Crippen LogP contribution in [0.4, 0.5) is 0 Å². The third-order valence-corrected chi connectivity index (χ3v) is 3.96. The Kier molecular flexibility index (Phi) is 3.32. The van der Waals surface area contributed by atoms with Crippen LogP contribution >= 0.6 is 0 Å². The van der Waals surface area contributed by atoms with Gasteiger partial charge in [-0.1, -0.05) is 30.3 Å². The molecule has 0 aromatic heterocycles. The van der Waals surface area contributed by atoms with E-state index in [9.17, 15) is 4.21 Å². The van der Waals surface area contributed by atoms with Crippen LogP contribution in [0.15, 0.2) is 30.3 Å². The summed E-state index contributed by atoms with van der Waals surface area (Å²) in [5.41, 5.74) is 1.18. The normalized spacial score (nSPS) is 18.9. The first-order valence-electron chi connectivity index (χ1n) is 4.94. The maximum atomic E-state index is 11.7. The Hall–Kier alpha value is -0.670. The summed E-state index contributed by atoms with van der Waals surface area (Å²) in [6.45, 7) is 2.08. The smallest absolute Gasteiger partial charge is 0.0485 e. The van der Waals surface area contributed by atoms with Crippen LogP contribution in [0.1, 0.15) is 5.56 Å². The third-order valence-electron chi connectivity index (χ3n) is 2.46. The summed E-state index contributed by atoms with van der Waals surface area (Å²) >= 11 is 0. The molecule has 1 aliphatic rings. The number of benzene rings is 1. The van der Waals surface area contributed by atoms with E-state index in [1.807, 2.05) is 30.3 Å². The van der Waals surface area contributed by atoms with E-state index < -0.39 is 10.8 Å². The first-order valence-corrected chi connectivity index (χ1v) is 6.43. The molecule has 2 rings (SSSR count). The van der Waals surface area contributed by atoms with Crippen molar-refractivity contribution in [2.75, 3.05) is 18.8 Å². The van der Waals surface area contributed by atoms with Gasteiger partial charge in [-0.25, -0.2) is 0 Å². The second-order valence-electron chi connectivity index (χ2n) is 3.76. The average Bonchev–Trinajstić information content (AvgIpc) is 2.13. The predicted octanol–water partition coefficient (Wildman–Crippen LogP) is 1.15. The molecular formula is C11H15NOS. The van der Waals surface area contributed by atoms with E-state index in [2.05, 4.69) is 5.32 Å². The average molecular weight is 209 g/mol. The summed E-state index contributed by atoms with van der Waals surface area (Å²) in [5.74, 6) is 2.19. The summed E-state index contributed by atoms with van der Waals surface area (Å²) in [6.07, 6.45) is 0. The van der Waals surface area contributed by atoms with Crippen molar-refractivity contribution >= 4 is 10.8 Å². The molecule has 0 spiro atoms. The van der Waals surface area contributed by atoms with E-state index in [0.29, 0.717) is 11.7 Å². The molecule has 14 heavy (non-hydrogen) atoms. The van der Waals surface area contributed by atoms with Crippen LogP contribution in [0, 0.1) is 5.92 Å². The number of hydrogen-bond acceptors (Lipinski definition) is 2. The molecule has 1 saturated heterocycles. The molecule has 1 N–H and O–H groups in total. The fourth-order valence-corrected chi connectivity index (χ4v) is 2.99. The van der Waals surface area contributed by atoms with Gasteiger partial charge in [0.15, 0.2) is 0 Å². The summed E-state index contributed by atoms with van der Waals surface area (Å²) in [5, 5.41) is 3.20. The molecular weight excluding hydrogens is 194 g/mol. The van der Waals surface area contributed by atoms with Gasteiger partial charge in [-0.2, -0.15) is 0 Å². The molecule has 0 aliphatic carbocycles. The van der Waals surface area contributed by atoms with Gasteiger partial charge in [0, 0.05) is 35.4 Å². The van der Waals surface area contributed by atoms with Crippen LogP contribution < -0.4 is 5.32 Å². The zero-order valence-electron chi connectivity index (χ0n) is 8.11. The highest BCUT2D eigenvalue weighted by Gasteiger charge is 2.19. The van der Waals surface area contributed by atoms with E-state index in [0.717, 1.165) is 18.8 Å². The van der Waals surface area contributed by atoms with Crippen molar-refractivity contribution in [2.45, 2.75) is 5.75 Å². The van der Waals surface area contributed by atoms with Gasteiger partial charge in [0.2, 0.25) is 0 Å². The molecule has 1 heterocycles. The minimum Gasteiger partial charge on any atom is -0.316 e. The van der Waals surface area contributed by atoms with Crippen LogP contribution in [0.5, 0.6) is 0 Å². The fourth-order valence-electron chi connectivity index (χ4n) is 1.55. The molecule has 1 aliphatic heterocycles. The number of nitrogens with one attached hydrogen (secondary N) is 1. The largest absolute Gasteiger partial charge is 0.316 e. The standard InChI is InChI=1S/C11H15NOS/c13-14(9-11-6-12-7-11)8-10-4-2-1-3-5-10/h1-5,11-12H,6-9H2. The molecule has 1 atom stereocenters. The van der Waals surface area contributed by atoms with Gasteiger partial charge in [0.1, 0.15) is 0 Å². The molecule has 0 bridgehead atoms. The highest BCUT2D eigenvalue weighted by Crippen LogP contribution is 2.09. The van der Waals surface area contributed by atoms with Gasteiger partial charge in [0.05, 0.1) is 0 Å². The van der Waals surface area contributed by atoms with Gasteiger partial charge in [-0.15, -0.1) is 0 Å². The summed E-state index contributed by atoms with van der Waals surface area (Å²) in [7, 11) is -0.690. The molecule has 2 nitrogen and oxygen atoms in total. The quantitative estimate of drug-likeness (QED) is 0.806. The number of rotatable bonds is 4. The van der Waals surface area contributed by atoms with E-state index in [4.69, 9.17) is 0 Å². The van der Waals surface area contributed by atoms with Crippen LogP contribution in [0.2, 0.25) is 0 Å². The predicted molar refractivity (Wildman–Crippen MR) is 59.5 cm³/mol. The Morgan fingerprint density at radius 2 is 2.00 bits per heavy atom. The lowest BCUT2D eigenvalue weighted by atomic mass is 10.1. The molecule has 1 fully saturated rings. The van der Waals surface area contributed by atoms with Gasteiger partial charge in [0.25, 0.3) is 0 Å². The van der Waals surface area contributed by atoms with Gasteiger partial charge >= 0.3 is 0 Å². The molecule has 1 aromatic rings. The van der Waals surface area contributed by atoms with Gasteiger partial charge < -0.3 is 5.32 Å². The second kappa shape index (κ2) is 4.71. The second-order valence-corrected chi connectivity index (χ2v) is 5.26. The first-order chi connectivity index (χ1) is 6.84. The summed E-state index contributed by atoms with van der Waals surface area (Å²) < 4.78 is 11.7. The Bertz CT molecular complexity index is 308. The van der Waals surface area contributed by atoms with Crippen molar-refractivity contribution in [2.24, 2.45) is 5.92 Å². The van der Waals surface area contributed by atoms with Crippen molar-refractivity contribution in [3.05, 3.63) is 35.9 Å². The first kappa shape index (κ1) is 9.87. The van der Waals surface area contributed by atoms with Crippen molar-refractivity contribution in [1.29, 1.82) is 0 Å². The Balaban J connectivity index is 1.82. The zero-order chi connectivity index (χ0) is 9.80. The van der Waals surface area contributed by atoms with Crippen molar-refractivity contribution in [3.63, 3.8) is 0 Å². The van der Waals surface area contributed by atoms with E-state index in [1.165, 1.54) is 5.56 Å². The fraction of sp³-hybridized carbons (Fsp3) is 0.455. The van der Waals surface area contributed by atoms with Crippen molar-refractivity contribution in [1.82, 2.24) is 5.32 Å². The Morgan fingerprint density at radius 1 is 1.29 bits per heavy atom. The highest BCUT2D eigenvalue weighted by atomic mass is 32.2. The van der Waals surface area contributed by atoms with E-state index >= 15 is 0 Å². The van der Waals surface area contributed by atoms with Crippen molar-refractivity contribution in [3.8, 4) is 0 Å². The summed E-state index contributed by atoms with van der Waals surface area (Å²) in [6, 6.07) is 10.1. The molecule has 1 aromatic carbocycles.